The lowest BCUT2D eigenvalue weighted by Gasteiger charge is -2.33. The molecule has 17 heteroatoms. The number of anilines is 2. The fraction of sp³-hybridized carbons (Fsp3) is 0.562. The van der Waals surface area contributed by atoms with Crippen molar-refractivity contribution in [1.82, 2.24) is 19.8 Å². The fourth-order valence-electron chi connectivity index (χ4n) is 7.16. The van der Waals surface area contributed by atoms with Crippen molar-refractivity contribution in [2.45, 2.75) is 62.7 Å². The molecule has 49 heavy (non-hydrogen) atoms. The number of alkyl halides is 4. The van der Waals surface area contributed by atoms with Crippen molar-refractivity contribution < 1.29 is 40.6 Å². The maximum absolute atomic E-state index is 15.6. The van der Waals surface area contributed by atoms with Gasteiger partial charge in [-0.1, -0.05) is 0 Å². The molecule has 0 unspecified atom stereocenters. The average molecular weight is 697 g/mol. The van der Waals surface area contributed by atoms with Gasteiger partial charge in [-0.2, -0.15) is 23.1 Å². The average Bonchev–Trinajstić information content (AvgIpc) is 3.46. The summed E-state index contributed by atoms with van der Waals surface area (Å²) in [4.78, 5) is 30.8. The topological polar surface area (TPSA) is 135 Å². The van der Waals surface area contributed by atoms with Crippen LogP contribution in [0.25, 0.3) is 0 Å². The van der Waals surface area contributed by atoms with Crippen LogP contribution in [-0.2, 0) is 28.7 Å². The molecular weight excluding hydrogens is 658 g/mol. The van der Waals surface area contributed by atoms with Crippen LogP contribution in [0.3, 0.4) is 0 Å². The third-order valence-corrected chi connectivity index (χ3v) is 9.58. The van der Waals surface area contributed by atoms with Gasteiger partial charge in [0.15, 0.2) is 11.6 Å². The van der Waals surface area contributed by atoms with Crippen LogP contribution in [0.1, 0.15) is 54.2 Å². The lowest BCUT2D eigenvalue weighted by atomic mass is 9.93. The molecule has 0 spiro atoms. The summed E-state index contributed by atoms with van der Waals surface area (Å²) in [5.74, 6) is -2.71. The highest BCUT2D eigenvalue weighted by Crippen LogP contribution is 2.44. The maximum Gasteiger partial charge on any atom is 0.416 e. The molecule has 4 aliphatic rings. The first-order valence-electron chi connectivity index (χ1n) is 16.0. The summed E-state index contributed by atoms with van der Waals surface area (Å²) in [6.07, 6.45) is -5.29. The number of fused-ring (bicyclic) bond motifs is 2. The summed E-state index contributed by atoms with van der Waals surface area (Å²) in [5, 5.41) is 0. The number of likely N-dealkylation sites (N-methyl/N-ethyl adjacent to an activating group) is 1. The number of benzene rings is 1. The van der Waals surface area contributed by atoms with E-state index < -0.39 is 64.1 Å². The van der Waals surface area contributed by atoms with E-state index in [4.69, 9.17) is 20.9 Å². The van der Waals surface area contributed by atoms with Crippen molar-refractivity contribution in [2.24, 2.45) is 10.7 Å². The SMILES string of the molecule is CN(C)C(=O)/C(N)=C(\F)C1=NCCCN(c2nc(OC[C@@]34CCCN3C[C@H](F)C4)nc3c2CO[C@H](c2c(C(F)(F)F)ccc(N)c2F)C3)C1. The number of hydrogen-bond acceptors (Lipinski definition) is 10. The molecule has 266 valence electrons. The number of nitrogens with two attached hydrogens (primary N) is 2. The highest BCUT2D eigenvalue weighted by Gasteiger charge is 2.49. The van der Waals surface area contributed by atoms with Gasteiger partial charge in [0.25, 0.3) is 5.91 Å². The number of carbonyl (C=O) groups excluding carboxylic acids is 1. The van der Waals surface area contributed by atoms with E-state index in [0.717, 1.165) is 23.9 Å². The summed E-state index contributed by atoms with van der Waals surface area (Å²) >= 11 is 0. The molecule has 1 amide bonds. The Kier molecular flexibility index (Phi) is 9.43. The number of aliphatic imine (C=N–C) groups is 1. The predicted octanol–water partition coefficient (Wildman–Crippen LogP) is 3.87. The molecule has 2 aromatic rings. The predicted molar refractivity (Wildman–Crippen MR) is 168 cm³/mol. The quantitative estimate of drug-likeness (QED) is 0.251. The van der Waals surface area contributed by atoms with Crippen LogP contribution in [0.4, 0.5) is 37.8 Å². The van der Waals surface area contributed by atoms with Crippen LogP contribution in [0, 0.1) is 5.82 Å². The van der Waals surface area contributed by atoms with E-state index in [0.29, 0.717) is 37.6 Å². The Bertz CT molecular complexity index is 1680. The van der Waals surface area contributed by atoms with E-state index in [9.17, 15) is 22.4 Å². The van der Waals surface area contributed by atoms with E-state index in [1.165, 1.54) is 14.1 Å². The van der Waals surface area contributed by atoms with Crippen LogP contribution < -0.4 is 21.1 Å². The fourth-order valence-corrected chi connectivity index (χ4v) is 7.16. The Morgan fingerprint density at radius 3 is 2.71 bits per heavy atom. The van der Waals surface area contributed by atoms with Gasteiger partial charge < -0.3 is 30.7 Å². The minimum absolute atomic E-state index is 0.0703. The number of carbonyl (C=O) groups is 1. The van der Waals surface area contributed by atoms with Crippen LogP contribution in [0.2, 0.25) is 0 Å². The summed E-state index contributed by atoms with van der Waals surface area (Å²) in [6.45, 7) is 1.14. The Morgan fingerprint density at radius 2 is 1.98 bits per heavy atom. The van der Waals surface area contributed by atoms with E-state index in [1.54, 1.807) is 4.90 Å². The second kappa shape index (κ2) is 13.3. The summed E-state index contributed by atoms with van der Waals surface area (Å²) in [6, 6.07) is 1.45. The second-order valence-corrected chi connectivity index (χ2v) is 13.1. The molecule has 1 aromatic carbocycles. The zero-order chi connectivity index (χ0) is 35.2. The van der Waals surface area contributed by atoms with E-state index >= 15 is 8.78 Å². The largest absolute Gasteiger partial charge is 0.461 e. The number of halogens is 6. The summed E-state index contributed by atoms with van der Waals surface area (Å²) in [7, 11) is 2.87. The lowest BCUT2D eigenvalue weighted by molar-refractivity contribution is -0.140. The molecule has 11 nitrogen and oxygen atoms in total. The van der Waals surface area contributed by atoms with Crippen molar-refractivity contribution in [3.8, 4) is 6.01 Å². The Labute approximate surface area is 278 Å². The van der Waals surface area contributed by atoms with Crippen molar-refractivity contribution >= 4 is 23.1 Å². The molecule has 0 saturated carbocycles. The molecule has 0 radical (unpaired) electrons. The molecule has 1 aromatic heterocycles. The van der Waals surface area contributed by atoms with E-state index in [1.807, 2.05) is 4.90 Å². The highest BCUT2D eigenvalue weighted by atomic mass is 19.4. The van der Waals surface area contributed by atoms with Gasteiger partial charge in [0.2, 0.25) is 0 Å². The third kappa shape index (κ3) is 6.74. The number of nitrogen functional groups attached to an aromatic ring is 1. The second-order valence-electron chi connectivity index (χ2n) is 13.1. The molecule has 0 aliphatic carbocycles. The molecule has 0 bridgehead atoms. The molecule has 4 N–H and O–H groups in total. The number of nitrogens with zero attached hydrogens (tertiary/aromatic N) is 6. The van der Waals surface area contributed by atoms with Crippen LogP contribution in [0.5, 0.6) is 6.01 Å². The standard InChI is InChI=1S/C32H38F6N8O3/c1-44(2)29(47)27(40)26(35)22-14-45(9-4-8-41-22)28-18-15-48-23(24-19(32(36,37)38)5-6-20(39)25(24)34)11-21(18)42-30(43-28)49-16-31-7-3-10-46(31)13-17(33)12-31/h5-6,17,23H,3-4,7-16,39-40H2,1-2H3/b27-26+/t17-,23+,31+/m1/s1. The van der Waals surface area contributed by atoms with Crippen molar-refractivity contribution in [3.05, 3.63) is 51.9 Å². The first kappa shape index (κ1) is 34.7. The molecule has 2 saturated heterocycles. The monoisotopic (exact) mass is 696 g/mol. The van der Waals surface area contributed by atoms with Gasteiger partial charge in [0.05, 0.1) is 47.5 Å². The van der Waals surface area contributed by atoms with Crippen molar-refractivity contribution in [1.29, 1.82) is 0 Å². The Balaban J connectivity index is 1.38. The summed E-state index contributed by atoms with van der Waals surface area (Å²) in [5.41, 5.74) is 8.47. The zero-order valence-electron chi connectivity index (χ0n) is 27.1. The van der Waals surface area contributed by atoms with E-state index in [2.05, 4.69) is 15.0 Å². The molecule has 6 rings (SSSR count). The van der Waals surface area contributed by atoms with Gasteiger partial charge in [0.1, 0.15) is 24.3 Å². The number of amides is 1. The van der Waals surface area contributed by atoms with E-state index in [-0.39, 0.29) is 62.4 Å². The van der Waals surface area contributed by atoms with Crippen molar-refractivity contribution in [3.63, 3.8) is 0 Å². The van der Waals surface area contributed by atoms with Gasteiger partial charge in [-0.25, -0.2) is 13.2 Å². The minimum atomic E-state index is -4.89. The first-order chi connectivity index (χ1) is 23.2. The van der Waals surface area contributed by atoms with Gasteiger partial charge in [-0.3, -0.25) is 14.7 Å². The van der Waals surface area contributed by atoms with Gasteiger partial charge in [-0.15, -0.1) is 0 Å². The smallest absolute Gasteiger partial charge is 0.416 e. The lowest BCUT2D eigenvalue weighted by Crippen LogP contribution is -2.43. The first-order valence-corrected chi connectivity index (χ1v) is 16.0. The highest BCUT2D eigenvalue weighted by molar-refractivity contribution is 6.08. The maximum atomic E-state index is 15.6. The van der Waals surface area contributed by atoms with Crippen LogP contribution in [0.15, 0.2) is 28.6 Å². The molecule has 3 atom stereocenters. The van der Waals surface area contributed by atoms with Crippen molar-refractivity contribution in [2.75, 3.05) is 64.1 Å². The number of rotatable bonds is 7. The molecular formula is C32H38F6N8O3. The number of ether oxygens (including phenoxy) is 2. The van der Waals surface area contributed by atoms with Crippen LogP contribution >= 0.6 is 0 Å². The Hall–Kier alpha value is -4.12. The minimum Gasteiger partial charge on any atom is -0.461 e. The van der Waals surface area contributed by atoms with Gasteiger partial charge in [0, 0.05) is 57.7 Å². The summed E-state index contributed by atoms with van der Waals surface area (Å²) < 4.78 is 99.4. The molecule has 5 heterocycles. The molecule has 2 fully saturated rings. The van der Waals surface area contributed by atoms with Gasteiger partial charge in [-0.05, 0) is 37.9 Å². The number of aromatic nitrogens is 2. The Morgan fingerprint density at radius 1 is 1.20 bits per heavy atom. The van der Waals surface area contributed by atoms with Crippen LogP contribution in [-0.4, -0.2) is 96.5 Å². The normalized spacial score (nSPS) is 24.9. The zero-order valence-corrected chi connectivity index (χ0v) is 27.1. The van der Waals surface area contributed by atoms with Gasteiger partial charge >= 0.3 is 12.2 Å². The number of hydrogen-bond donors (Lipinski definition) is 2. The third-order valence-electron chi connectivity index (χ3n) is 9.58. The molecule has 4 aliphatic heterocycles.